The van der Waals surface area contributed by atoms with Crippen molar-refractivity contribution in [3.63, 3.8) is 0 Å². The van der Waals surface area contributed by atoms with Crippen LogP contribution in [-0.2, 0) is 23.3 Å². The average molecular weight is 775 g/mol. The Balaban J connectivity index is 0.000000301. The first-order valence-electron chi connectivity index (χ1n) is 15.5. The van der Waals surface area contributed by atoms with Crippen LogP contribution in [0.3, 0.4) is 0 Å². The molecule has 0 aliphatic heterocycles. The molecule has 8 aromatic rings. The maximum absolute atomic E-state index is 3.06. The third-order valence-electron chi connectivity index (χ3n) is 8.81. The van der Waals surface area contributed by atoms with E-state index in [1.54, 1.807) is 0 Å². The third-order valence-corrected chi connectivity index (χ3v) is 8.81. The molecule has 0 heterocycles. The van der Waals surface area contributed by atoms with E-state index in [2.05, 4.69) is 174 Å². The molecule has 4 heteroatoms. The molecule has 0 unspecified atom stereocenters. The molecule has 0 aliphatic rings. The van der Waals surface area contributed by atoms with Gasteiger partial charge in [-0.15, -0.1) is 93.4 Å². The molecule has 2 radical (unpaired) electrons. The molecule has 0 aliphatic carbocycles. The van der Waals surface area contributed by atoms with Gasteiger partial charge in [0.05, 0.1) is 0 Å². The molecular weight excluding hydrogens is 731 g/mol. The molecule has 0 spiro atoms. The van der Waals surface area contributed by atoms with E-state index in [0.29, 0.717) is 5.92 Å². The molecule has 0 saturated heterocycles. The van der Waals surface area contributed by atoms with Crippen molar-refractivity contribution in [2.45, 2.75) is 33.6 Å². The van der Waals surface area contributed by atoms with Gasteiger partial charge in [0.15, 0.2) is 0 Å². The van der Waals surface area contributed by atoms with E-state index in [1.165, 1.54) is 105 Å². The predicted octanol–water partition coefficient (Wildman–Crippen LogP) is 13.9. The van der Waals surface area contributed by atoms with E-state index in [4.69, 9.17) is 0 Å². The predicted molar refractivity (Wildman–Crippen MR) is 222 cm³/mol. The zero-order chi connectivity index (χ0) is 31.5. The van der Waals surface area contributed by atoms with Crippen molar-refractivity contribution in [3.05, 3.63) is 171 Å². The van der Waals surface area contributed by atoms with Gasteiger partial charge in [-0.05, 0) is 50.7 Å². The summed E-state index contributed by atoms with van der Waals surface area (Å²) in [4.78, 5) is 0. The van der Waals surface area contributed by atoms with Crippen LogP contribution in [0.15, 0.2) is 140 Å². The average Bonchev–Trinajstić information content (AvgIpc) is 3.70. The molecular formula is C45H44Cl2SiZr-4. The van der Waals surface area contributed by atoms with Gasteiger partial charge in [-0.2, -0.15) is 12.1 Å². The summed E-state index contributed by atoms with van der Waals surface area (Å²) >= 11 is 1.36. The van der Waals surface area contributed by atoms with Crippen LogP contribution in [0.5, 0.6) is 0 Å². The fourth-order valence-electron chi connectivity index (χ4n) is 6.40. The normalized spacial score (nSPS) is 10.1. The van der Waals surface area contributed by atoms with Gasteiger partial charge >= 0.3 is 30.2 Å². The second-order valence-corrected chi connectivity index (χ2v) is 12.2. The monoisotopic (exact) mass is 772 g/mol. The standard InChI is InChI=1S/C22H19.C21H17.2CH3.2ClH.Si.Zr/c1-15(2)20-13-18-8-5-9-21(22(18)14-20)19-11-10-16-6-3-4-7-17(16)12-19;1-14-11-20-15(2)7-10-19(21(20)12-14)18-9-8-16-5-3-4-6-17(16)13-18;;;;;;/h3-15H,1-2H3;3-13H,1-2H3;2*1H3;2*1H;;/q4*-1;;;;. The quantitative estimate of drug-likeness (QED) is 0.124. The molecule has 0 saturated carbocycles. The van der Waals surface area contributed by atoms with Crippen LogP contribution in [0, 0.1) is 28.7 Å². The first kappa shape index (κ1) is 41.9. The van der Waals surface area contributed by atoms with E-state index >= 15 is 0 Å². The van der Waals surface area contributed by atoms with Crippen LogP contribution in [0.4, 0.5) is 0 Å². The first-order valence-corrected chi connectivity index (χ1v) is 19.7. The Morgan fingerprint density at radius 2 is 1.06 bits per heavy atom. The van der Waals surface area contributed by atoms with Gasteiger partial charge in [0, 0.05) is 0 Å². The zero-order valence-corrected chi connectivity index (χ0v) is 34.3. The van der Waals surface area contributed by atoms with Crippen molar-refractivity contribution < 1.29 is 23.3 Å². The van der Waals surface area contributed by atoms with Gasteiger partial charge in [0.25, 0.3) is 0 Å². The Bertz CT molecular complexity index is 2270. The van der Waals surface area contributed by atoms with E-state index in [9.17, 15) is 0 Å². The molecule has 49 heavy (non-hydrogen) atoms. The summed E-state index contributed by atoms with van der Waals surface area (Å²) in [6.45, 7) is 11.9. The molecule has 0 amide bonds. The Morgan fingerprint density at radius 3 is 1.61 bits per heavy atom. The summed E-state index contributed by atoms with van der Waals surface area (Å²) in [5.74, 6) is 0.567. The maximum atomic E-state index is 3.06. The van der Waals surface area contributed by atoms with Crippen molar-refractivity contribution in [2.75, 3.05) is 0 Å². The van der Waals surface area contributed by atoms with Crippen LogP contribution in [0.25, 0.3) is 65.3 Å². The summed E-state index contributed by atoms with van der Waals surface area (Å²) < 4.78 is 0. The van der Waals surface area contributed by atoms with Crippen molar-refractivity contribution in [1.29, 1.82) is 0 Å². The van der Waals surface area contributed by atoms with Crippen LogP contribution >= 0.6 is 24.8 Å². The molecule has 8 rings (SSSR count). The summed E-state index contributed by atoms with van der Waals surface area (Å²) in [6, 6.07) is 50.9. The summed E-state index contributed by atoms with van der Waals surface area (Å²) in [6.07, 6.45) is 0. The number of halogens is 2. The van der Waals surface area contributed by atoms with E-state index in [-0.39, 0.29) is 39.7 Å². The van der Waals surface area contributed by atoms with Crippen molar-refractivity contribution >= 4 is 74.8 Å². The minimum atomic E-state index is 0. The summed E-state index contributed by atoms with van der Waals surface area (Å²) in [7, 11) is 0. The Kier molecular flexibility index (Phi) is 16.0. The Morgan fingerprint density at radius 1 is 0.531 bits per heavy atom. The molecule has 0 fully saturated rings. The molecule has 250 valence electrons. The third kappa shape index (κ3) is 8.92. The van der Waals surface area contributed by atoms with Crippen LogP contribution in [0.1, 0.15) is 36.5 Å². The van der Waals surface area contributed by atoms with Crippen LogP contribution < -0.4 is 0 Å². The minimum absolute atomic E-state index is 0. The van der Waals surface area contributed by atoms with Gasteiger partial charge in [-0.1, -0.05) is 124 Å². The topological polar surface area (TPSA) is 0 Å². The van der Waals surface area contributed by atoms with Gasteiger partial charge in [0.2, 0.25) is 0 Å². The van der Waals surface area contributed by atoms with Gasteiger partial charge < -0.3 is 14.9 Å². The fourth-order valence-corrected chi connectivity index (χ4v) is 6.40. The van der Waals surface area contributed by atoms with E-state index < -0.39 is 0 Å². The second-order valence-electron chi connectivity index (χ2n) is 12.2. The van der Waals surface area contributed by atoms with Gasteiger partial charge in [0.1, 0.15) is 0 Å². The number of hydrogen-bond donors (Lipinski definition) is 0. The van der Waals surface area contributed by atoms with Gasteiger partial charge in [-0.3, -0.25) is 0 Å². The number of rotatable bonds is 3. The summed E-state index contributed by atoms with van der Waals surface area (Å²) in [5, 5.41) is 10.6. The van der Waals surface area contributed by atoms with Crippen LogP contribution in [-0.4, -0.2) is 6.88 Å². The molecule has 0 atom stereocenters. The van der Waals surface area contributed by atoms with Gasteiger partial charge in [-0.25, -0.2) is 0 Å². The molecule has 0 aromatic heterocycles. The number of fused-ring (bicyclic) bond motifs is 4. The number of hydrogen-bond acceptors (Lipinski definition) is 0. The molecule has 0 bridgehead atoms. The van der Waals surface area contributed by atoms with Crippen molar-refractivity contribution in [1.82, 2.24) is 0 Å². The van der Waals surface area contributed by atoms with Crippen LogP contribution in [0.2, 0.25) is 0 Å². The second kappa shape index (κ2) is 18.7. The summed E-state index contributed by atoms with van der Waals surface area (Å²) in [5.41, 5.74) is 9.35. The molecule has 0 nitrogen and oxygen atoms in total. The van der Waals surface area contributed by atoms with E-state index in [1.807, 2.05) is 0 Å². The first-order chi connectivity index (χ1) is 21.9. The van der Waals surface area contributed by atoms with Crippen molar-refractivity contribution in [3.8, 4) is 22.3 Å². The van der Waals surface area contributed by atoms with Crippen molar-refractivity contribution in [2.24, 2.45) is 0 Å². The Labute approximate surface area is 322 Å². The molecule has 0 N–H and O–H groups in total. The Hall–Kier alpha value is -3.26. The molecule has 8 aromatic carbocycles. The number of benzene rings is 6. The SMILES string of the molecule is CC(C)c1cc2c(-c3ccc4ccccc4c3)cccc2[cH-]1.Cc1cc2c(-c3ccc4ccccc4c3)ccc(C)c2[cH-]1.Cl.Cl.[CH3-].[CH3-].[Si]=[Zr]. The zero-order valence-electron chi connectivity index (χ0n) is 29.2. The number of aryl methyl sites for hydroxylation is 2. The fraction of sp³-hybridized carbons (Fsp3) is 0.111. The van der Waals surface area contributed by atoms with E-state index in [0.717, 1.165) is 0 Å².